The molecule has 2 rings (SSSR count). The Labute approximate surface area is 92.1 Å². The minimum atomic E-state index is 0.178. The Balaban J connectivity index is 2.35. The largest absolute Gasteiger partial charge is 0.403 e. The van der Waals surface area contributed by atoms with E-state index >= 15 is 0 Å². The summed E-state index contributed by atoms with van der Waals surface area (Å²) in [5.41, 5.74) is 1.21. The van der Waals surface area contributed by atoms with Crippen LogP contribution in [0, 0.1) is 18.3 Å². The van der Waals surface area contributed by atoms with Gasteiger partial charge in [-0.3, -0.25) is 4.68 Å². The molecule has 2 aromatic heterocycles. The molecule has 0 N–H and O–H groups in total. The molecule has 0 radical (unpaired) electrons. The van der Waals surface area contributed by atoms with Crippen LogP contribution in [0.25, 0.3) is 0 Å². The molecule has 16 heavy (non-hydrogen) atoms. The molecule has 6 nitrogen and oxygen atoms in total. The van der Waals surface area contributed by atoms with Gasteiger partial charge in [0.15, 0.2) is 0 Å². The first-order valence-corrected chi connectivity index (χ1v) is 4.60. The molecule has 2 heterocycles. The standard InChI is InChI=1S/C10H9N5O/c1-7-3-4-12-9(8(7)5-11)16-10-13-6-15(2)14-10/h3-4,6H,1-2H3. The Kier molecular flexibility index (Phi) is 2.52. The number of aryl methyl sites for hydroxylation is 2. The third kappa shape index (κ3) is 1.83. The van der Waals surface area contributed by atoms with Gasteiger partial charge in [-0.15, -0.1) is 5.10 Å². The third-order valence-electron chi connectivity index (χ3n) is 2.00. The SMILES string of the molecule is Cc1ccnc(Oc2ncn(C)n2)c1C#N. The van der Waals surface area contributed by atoms with E-state index in [2.05, 4.69) is 15.1 Å². The van der Waals surface area contributed by atoms with Gasteiger partial charge in [-0.1, -0.05) is 0 Å². The fourth-order valence-electron chi connectivity index (χ4n) is 1.20. The summed E-state index contributed by atoms with van der Waals surface area (Å²) in [5, 5.41) is 12.9. The summed E-state index contributed by atoms with van der Waals surface area (Å²) in [6, 6.07) is 3.97. The van der Waals surface area contributed by atoms with Gasteiger partial charge in [0.05, 0.1) is 0 Å². The normalized spacial score (nSPS) is 9.81. The van der Waals surface area contributed by atoms with Crippen LogP contribution in [0.2, 0.25) is 0 Å². The van der Waals surface area contributed by atoms with Gasteiger partial charge in [-0.2, -0.15) is 10.2 Å². The van der Waals surface area contributed by atoms with Gasteiger partial charge in [-0.25, -0.2) is 4.98 Å². The molecule has 0 aliphatic heterocycles. The van der Waals surface area contributed by atoms with Crippen LogP contribution in [0.1, 0.15) is 11.1 Å². The molecule has 80 valence electrons. The molecule has 6 heteroatoms. The van der Waals surface area contributed by atoms with Gasteiger partial charge in [-0.05, 0) is 18.6 Å². The van der Waals surface area contributed by atoms with Crippen molar-refractivity contribution in [2.75, 3.05) is 0 Å². The van der Waals surface area contributed by atoms with Crippen LogP contribution in [0.3, 0.4) is 0 Å². The van der Waals surface area contributed by atoms with Crippen LogP contribution in [0.5, 0.6) is 11.9 Å². The lowest BCUT2D eigenvalue weighted by molar-refractivity contribution is 0.421. The first-order chi connectivity index (χ1) is 7.70. The van der Waals surface area contributed by atoms with Crippen molar-refractivity contribution in [2.24, 2.45) is 7.05 Å². The van der Waals surface area contributed by atoms with Crippen molar-refractivity contribution in [3.63, 3.8) is 0 Å². The molecular weight excluding hydrogens is 206 g/mol. The van der Waals surface area contributed by atoms with Gasteiger partial charge < -0.3 is 4.74 Å². The number of nitrogens with zero attached hydrogens (tertiary/aromatic N) is 5. The van der Waals surface area contributed by atoms with E-state index in [0.717, 1.165) is 5.56 Å². The van der Waals surface area contributed by atoms with Gasteiger partial charge in [0.1, 0.15) is 18.0 Å². The molecule has 0 aliphatic rings. The number of rotatable bonds is 2. The number of nitriles is 1. The Hall–Kier alpha value is -2.42. The van der Waals surface area contributed by atoms with E-state index in [1.807, 2.05) is 13.0 Å². The average Bonchev–Trinajstić information content (AvgIpc) is 2.64. The number of aromatic nitrogens is 4. The quantitative estimate of drug-likeness (QED) is 0.751. The van der Waals surface area contributed by atoms with E-state index in [9.17, 15) is 0 Å². The molecule has 0 saturated carbocycles. The summed E-state index contributed by atoms with van der Waals surface area (Å²) >= 11 is 0. The summed E-state index contributed by atoms with van der Waals surface area (Å²) in [6.07, 6.45) is 3.09. The van der Waals surface area contributed by atoms with Crippen LogP contribution in [0.4, 0.5) is 0 Å². The highest BCUT2D eigenvalue weighted by Gasteiger charge is 2.10. The van der Waals surface area contributed by atoms with Crippen molar-refractivity contribution in [2.45, 2.75) is 6.92 Å². The van der Waals surface area contributed by atoms with Gasteiger partial charge in [0.25, 0.3) is 0 Å². The topological polar surface area (TPSA) is 76.6 Å². The van der Waals surface area contributed by atoms with E-state index in [1.54, 1.807) is 19.3 Å². The lowest BCUT2D eigenvalue weighted by atomic mass is 10.2. The van der Waals surface area contributed by atoms with Crippen LogP contribution < -0.4 is 4.74 Å². The first-order valence-electron chi connectivity index (χ1n) is 4.60. The highest BCUT2D eigenvalue weighted by molar-refractivity contribution is 5.44. The molecule has 0 saturated heterocycles. The van der Waals surface area contributed by atoms with Crippen LogP contribution in [-0.4, -0.2) is 19.7 Å². The smallest absolute Gasteiger partial charge is 0.342 e. The van der Waals surface area contributed by atoms with Crippen LogP contribution in [-0.2, 0) is 7.05 Å². The maximum atomic E-state index is 8.97. The Morgan fingerprint density at radius 3 is 2.88 bits per heavy atom. The number of hydrogen-bond acceptors (Lipinski definition) is 5. The predicted molar refractivity (Wildman–Crippen MR) is 54.8 cm³/mol. The predicted octanol–water partition coefficient (Wildman–Crippen LogP) is 1.18. The third-order valence-corrected chi connectivity index (χ3v) is 2.00. The second-order valence-electron chi connectivity index (χ2n) is 3.22. The molecule has 0 spiro atoms. The van der Waals surface area contributed by atoms with Gasteiger partial charge in [0.2, 0.25) is 5.88 Å². The lowest BCUT2D eigenvalue weighted by Crippen LogP contribution is -1.96. The maximum absolute atomic E-state index is 8.97. The zero-order chi connectivity index (χ0) is 11.5. The summed E-state index contributed by atoms with van der Waals surface area (Å²) in [6.45, 7) is 1.82. The first kappa shape index (κ1) is 10.1. The second-order valence-corrected chi connectivity index (χ2v) is 3.22. The molecule has 0 aliphatic carbocycles. The molecule has 0 aromatic carbocycles. The highest BCUT2D eigenvalue weighted by atomic mass is 16.5. The lowest BCUT2D eigenvalue weighted by Gasteiger charge is -2.03. The van der Waals surface area contributed by atoms with Crippen molar-refractivity contribution in [3.05, 3.63) is 29.7 Å². The molecular formula is C10H9N5O. The van der Waals surface area contributed by atoms with Crippen LogP contribution >= 0.6 is 0 Å². The molecule has 0 bridgehead atoms. The zero-order valence-electron chi connectivity index (χ0n) is 8.88. The molecule has 0 unspecified atom stereocenters. The Morgan fingerprint density at radius 2 is 2.25 bits per heavy atom. The molecule has 0 atom stereocenters. The summed E-state index contributed by atoms with van der Waals surface area (Å²) < 4.78 is 6.84. The molecule has 0 fully saturated rings. The number of pyridine rings is 1. The van der Waals surface area contributed by atoms with E-state index in [0.29, 0.717) is 5.56 Å². The van der Waals surface area contributed by atoms with Gasteiger partial charge >= 0.3 is 6.01 Å². The summed E-state index contributed by atoms with van der Waals surface area (Å²) in [7, 11) is 1.73. The second kappa shape index (κ2) is 3.98. The minimum Gasteiger partial charge on any atom is -0.403 e. The fraction of sp³-hybridized carbons (Fsp3) is 0.200. The fourth-order valence-corrected chi connectivity index (χ4v) is 1.20. The van der Waals surface area contributed by atoms with E-state index in [-0.39, 0.29) is 11.9 Å². The van der Waals surface area contributed by atoms with Crippen molar-refractivity contribution in [1.29, 1.82) is 5.26 Å². The van der Waals surface area contributed by atoms with Gasteiger partial charge in [0, 0.05) is 13.2 Å². The Bertz CT molecular complexity index is 555. The minimum absolute atomic E-state index is 0.178. The van der Waals surface area contributed by atoms with Crippen molar-refractivity contribution in [1.82, 2.24) is 19.7 Å². The van der Waals surface area contributed by atoms with E-state index in [4.69, 9.17) is 10.00 Å². The number of ether oxygens (including phenoxy) is 1. The van der Waals surface area contributed by atoms with E-state index in [1.165, 1.54) is 11.0 Å². The monoisotopic (exact) mass is 215 g/mol. The van der Waals surface area contributed by atoms with Crippen molar-refractivity contribution in [3.8, 4) is 18.0 Å². The van der Waals surface area contributed by atoms with E-state index < -0.39 is 0 Å². The van der Waals surface area contributed by atoms with Crippen molar-refractivity contribution >= 4 is 0 Å². The summed E-state index contributed by atoms with van der Waals surface area (Å²) in [5.74, 6) is 0.230. The summed E-state index contributed by atoms with van der Waals surface area (Å²) in [4.78, 5) is 7.88. The molecule has 0 amide bonds. The Morgan fingerprint density at radius 1 is 1.44 bits per heavy atom. The average molecular weight is 215 g/mol. The van der Waals surface area contributed by atoms with Crippen LogP contribution in [0.15, 0.2) is 18.6 Å². The highest BCUT2D eigenvalue weighted by Crippen LogP contribution is 2.21. The molecule has 2 aromatic rings. The maximum Gasteiger partial charge on any atom is 0.342 e. The number of hydrogen-bond donors (Lipinski definition) is 0. The zero-order valence-corrected chi connectivity index (χ0v) is 8.88. The van der Waals surface area contributed by atoms with Crippen molar-refractivity contribution < 1.29 is 4.74 Å².